The van der Waals surface area contributed by atoms with Crippen molar-refractivity contribution in [1.82, 2.24) is 0 Å². The third-order valence-electron chi connectivity index (χ3n) is 5.80. The van der Waals surface area contributed by atoms with Crippen molar-refractivity contribution in [2.45, 2.75) is 46.0 Å². The van der Waals surface area contributed by atoms with Crippen LogP contribution in [0.5, 0.6) is 5.75 Å². The van der Waals surface area contributed by atoms with Crippen LogP contribution in [0.3, 0.4) is 0 Å². The van der Waals surface area contributed by atoms with Gasteiger partial charge in [0.1, 0.15) is 10.8 Å². The van der Waals surface area contributed by atoms with Crippen molar-refractivity contribution in [3.05, 3.63) is 40.3 Å². The van der Waals surface area contributed by atoms with Crippen LogP contribution in [0.4, 0.5) is 10.7 Å². The third kappa shape index (κ3) is 4.90. The standard InChI is InChI=1S/C23H28N2O5S/c1-4-14-13(2)31-22(25-20(26)15-9-5-6-10-16(15)23(28)29)19(14)21(27)24-17-11-7-8-12-18(17)30-3/h7-8,11-12,15-16H,4-6,9-10H2,1-3H3,(H,24,27)(H,25,26)(H,28,29)/t15-,16+/m0/s1. The zero-order valence-electron chi connectivity index (χ0n) is 18.0. The lowest BCUT2D eigenvalue weighted by Gasteiger charge is -2.27. The van der Waals surface area contributed by atoms with E-state index in [1.54, 1.807) is 18.2 Å². The lowest BCUT2D eigenvalue weighted by molar-refractivity contribution is -0.147. The van der Waals surface area contributed by atoms with Crippen molar-refractivity contribution in [3.8, 4) is 5.75 Å². The van der Waals surface area contributed by atoms with Gasteiger partial charge in [-0.25, -0.2) is 0 Å². The minimum Gasteiger partial charge on any atom is -0.495 e. The number of rotatable bonds is 7. The number of carboxylic acids is 1. The zero-order chi connectivity index (χ0) is 22.5. The van der Waals surface area contributed by atoms with Crippen molar-refractivity contribution in [2.24, 2.45) is 11.8 Å². The number of para-hydroxylation sites is 2. The maximum atomic E-state index is 13.2. The molecule has 0 aliphatic heterocycles. The SMILES string of the molecule is CCc1c(C)sc(NC(=O)[C@H]2CCCC[C@H]2C(=O)O)c1C(=O)Nc1ccccc1OC. The first-order valence-electron chi connectivity index (χ1n) is 10.5. The molecule has 8 heteroatoms. The van der Waals surface area contributed by atoms with E-state index >= 15 is 0 Å². The number of thiophene rings is 1. The zero-order valence-corrected chi connectivity index (χ0v) is 18.8. The van der Waals surface area contributed by atoms with Gasteiger partial charge in [-0.3, -0.25) is 14.4 Å². The fourth-order valence-electron chi connectivity index (χ4n) is 4.21. The summed E-state index contributed by atoms with van der Waals surface area (Å²) in [5, 5.41) is 15.7. The van der Waals surface area contributed by atoms with E-state index in [0.29, 0.717) is 41.3 Å². The summed E-state index contributed by atoms with van der Waals surface area (Å²) in [6, 6.07) is 7.12. The summed E-state index contributed by atoms with van der Waals surface area (Å²) in [4.78, 5) is 38.8. The number of hydrogen-bond donors (Lipinski definition) is 3. The van der Waals surface area contributed by atoms with Gasteiger partial charge in [0.15, 0.2) is 0 Å². The highest BCUT2D eigenvalue weighted by Gasteiger charge is 2.36. The molecule has 1 fully saturated rings. The van der Waals surface area contributed by atoms with Gasteiger partial charge in [-0.2, -0.15) is 0 Å². The molecule has 1 aliphatic carbocycles. The largest absolute Gasteiger partial charge is 0.495 e. The highest BCUT2D eigenvalue weighted by Crippen LogP contribution is 2.37. The first-order valence-corrected chi connectivity index (χ1v) is 11.3. The second kappa shape index (κ2) is 9.96. The number of methoxy groups -OCH3 is 1. The number of carbonyl (C=O) groups is 3. The lowest BCUT2D eigenvalue weighted by Crippen LogP contribution is -2.36. The Bertz CT molecular complexity index is 984. The summed E-state index contributed by atoms with van der Waals surface area (Å²) in [5.74, 6) is -2.35. The van der Waals surface area contributed by atoms with Crippen molar-refractivity contribution >= 4 is 39.8 Å². The van der Waals surface area contributed by atoms with Crippen LogP contribution >= 0.6 is 11.3 Å². The number of amides is 2. The van der Waals surface area contributed by atoms with E-state index in [9.17, 15) is 19.5 Å². The molecule has 0 radical (unpaired) electrons. The molecule has 3 rings (SSSR count). The molecule has 2 atom stereocenters. The first kappa shape index (κ1) is 22.8. The van der Waals surface area contributed by atoms with Gasteiger partial charge in [-0.1, -0.05) is 31.9 Å². The molecule has 31 heavy (non-hydrogen) atoms. The van der Waals surface area contributed by atoms with Gasteiger partial charge in [0.25, 0.3) is 5.91 Å². The van der Waals surface area contributed by atoms with Gasteiger partial charge >= 0.3 is 5.97 Å². The van der Waals surface area contributed by atoms with E-state index in [-0.39, 0.29) is 11.8 Å². The molecule has 1 saturated carbocycles. The molecule has 7 nitrogen and oxygen atoms in total. The number of hydrogen-bond acceptors (Lipinski definition) is 5. The minimum absolute atomic E-state index is 0.331. The van der Waals surface area contributed by atoms with E-state index in [1.807, 2.05) is 19.9 Å². The van der Waals surface area contributed by atoms with Gasteiger partial charge in [-0.15, -0.1) is 11.3 Å². The van der Waals surface area contributed by atoms with Crippen molar-refractivity contribution in [2.75, 3.05) is 17.7 Å². The predicted molar refractivity (Wildman–Crippen MR) is 121 cm³/mol. The van der Waals surface area contributed by atoms with E-state index < -0.39 is 17.8 Å². The van der Waals surface area contributed by atoms with Crippen LogP contribution in [0.25, 0.3) is 0 Å². The normalized spacial score (nSPS) is 18.3. The fourth-order valence-corrected chi connectivity index (χ4v) is 5.36. The summed E-state index contributed by atoms with van der Waals surface area (Å²) in [5.41, 5.74) is 1.83. The van der Waals surface area contributed by atoms with Crippen LogP contribution in [0.2, 0.25) is 0 Å². The summed E-state index contributed by atoms with van der Waals surface area (Å²) in [6.45, 7) is 3.88. The molecule has 1 aromatic carbocycles. The Morgan fingerprint density at radius 2 is 1.81 bits per heavy atom. The molecule has 2 aromatic rings. The van der Waals surface area contributed by atoms with Crippen molar-refractivity contribution < 1.29 is 24.2 Å². The molecule has 1 aliphatic rings. The van der Waals surface area contributed by atoms with E-state index in [4.69, 9.17) is 4.74 Å². The Balaban J connectivity index is 1.89. The molecule has 1 heterocycles. The predicted octanol–water partition coefficient (Wildman–Crippen LogP) is 4.71. The number of aryl methyl sites for hydroxylation is 1. The molecule has 0 saturated heterocycles. The number of nitrogens with one attached hydrogen (secondary N) is 2. The first-order chi connectivity index (χ1) is 14.9. The van der Waals surface area contributed by atoms with Crippen molar-refractivity contribution in [3.63, 3.8) is 0 Å². The average Bonchev–Trinajstić information content (AvgIpc) is 3.08. The van der Waals surface area contributed by atoms with Gasteiger partial charge in [0.05, 0.1) is 30.2 Å². The van der Waals surface area contributed by atoms with Crippen molar-refractivity contribution in [1.29, 1.82) is 0 Å². The molecular weight excluding hydrogens is 416 g/mol. The van der Waals surface area contributed by atoms with Crippen LogP contribution in [0.15, 0.2) is 24.3 Å². The summed E-state index contributed by atoms with van der Waals surface area (Å²) < 4.78 is 5.31. The molecule has 166 valence electrons. The summed E-state index contributed by atoms with van der Waals surface area (Å²) in [7, 11) is 1.53. The number of benzene rings is 1. The molecule has 0 unspecified atom stereocenters. The Labute approximate surface area is 185 Å². The number of ether oxygens (including phenoxy) is 1. The van der Waals surface area contributed by atoms with Crippen LogP contribution in [0.1, 0.15) is 53.4 Å². The Hall–Kier alpha value is -2.87. The molecule has 1 aromatic heterocycles. The van der Waals surface area contributed by atoms with E-state index in [2.05, 4.69) is 10.6 Å². The number of carbonyl (C=O) groups excluding carboxylic acids is 2. The second-order valence-corrected chi connectivity index (χ2v) is 8.90. The van der Waals surface area contributed by atoms with Crippen LogP contribution < -0.4 is 15.4 Å². The number of carboxylic acid groups (broad SMARTS) is 1. The maximum Gasteiger partial charge on any atom is 0.307 e. The van der Waals surface area contributed by atoms with Gasteiger partial charge in [0.2, 0.25) is 5.91 Å². The molecular formula is C23H28N2O5S. The Morgan fingerprint density at radius 1 is 1.13 bits per heavy atom. The molecule has 0 bridgehead atoms. The molecule has 2 amide bonds. The average molecular weight is 445 g/mol. The quantitative estimate of drug-likeness (QED) is 0.574. The van der Waals surface area contributed by atoms with Crippen LogP contribution in [-0.4, -0.2) is 30.0 Å². The number of anilines is 2. The van der Waals surface area contributed by atoms with E-state index in [1.165, 1.54) is 18.4 Å². The van der Waals surface area contributed by atoms with Gasteiger partial charge in [0, 0.05) is 4.88 Å². The Morgan fingerprint density at radius 3 is 2.45 bits per heavy atom. The topological polar surface area (TPSA) is 105 Å². The van der Waals surface area contributed by atoms with Crippen LogP contribution in [0, 0.1) is 18.8 Å². The monoisotopic (exact) mass is 444 g/mol. The smallest absolute Gasteiger partial charge is 0.307 e. The summed E-state index contributed by atoms with van der Waals surface area (Å²) >= 11 is 1.34. The van der Waals surface area contributed by atoms with Gasteiger partial charge in [-0.05, 0) is 43.9 Å². The minimum atomic E-state index is -0.939. The third-order valence-corrected chi connectivity index (χ3v) is 6.86. The molecule has 0 spiro atoms. The number of aliphatic carboxylic acids is 1. The van der Waals surface area contributed by atoms with Gasteiger partial charge < -0.3 is 20.5 Å². The highest BCUT2D eigenvalue weighted by molar-refractivity contribution is 7.16. The summed E-state index contributed by atoms with van der Waals surface area (Å²) in [6.07, 6.45) is 3.31. The van der Waals surface area contributed by atoms with Crippen LogP contribution in [-0.2, 0) is 16.0 Å². The lowest BCUT2D eigenvalue weighted by atomic mass is 9.79. The highest BCUT2D eigenvalue weighted by atomic mass is 32.1. The van der Waals surface area contributed by atoms with E-state index in [0.717, 1.165) is 23.3 Å². The molecule has 3 N–H and O–H groups in total. The fraction of sp³-hybridized carbons (Fsp3) is 0.435. The maximum absolute atomic E-state index is 13.2. The second-order valence-electron chi connectivity index (χ2n) is 7.67. The Kier molecular flexibility index (Phi) is 7.33.